The molecule has 3 heterocycles. The van der Waals surface area contributed by atoms with Gasteiger partial charge in [0.2, 0.25) is 0 Å². The molecule has 9 aromatic rings. The number of nitrogens with zero attached hydrogens (tertiary/aromatic N) is 3. The molecule has 0 fully saturated rings. The molecule has 9 rings (SSSR count). The summed E-state index contributed by atoms with van der Waals surface area (Å²) < 4.78 is 5.83. The second-order valence-electron chi connectivity index (χ2n) is 11.2. The Labute approximate surface area is 272 Å². The molecular formula is C40H24BrN3S. The smallest absolute Gasteiger partial charge is 0.145 e. The number of halogens is 1. The molecule has 6 aromatic carbocycles. The van der Waals surface area contributed by atoms with Crippen molar-refractivity contribution < 1.29 is 0 Å². The first-order chi connectivity index (χ1) is 22.2. The topological polar surface area (TPSA) is 30.7 Å². The summed E-state index contributed by atoms with van der Waals surface area (Å²) in [6.45, 7) is 0. The van der Waals surface area contributed by atoms with Gasteiger partial charge in [-0.2, -0.15) is 0 Å². The number of hydrogen-bond donors (Lipinski definition) is 0. The molecule has 5 heteroatoms. The predicted molar refractivity (Wildman–Crippen MR) is 193 cm³/mol. The van der Waals surface area contributed by atoms with Crippen molar-refractivity contribution in [3.8, 4) is 39.5 Å². The first-order valence-electron chi connectivity index (χ1n) is 14.9. The Morgan fingerprint density at radius 1 is 0.533 bits per heavy atom. The maximum atomic E-state index is 5.26. The number of hydrogen-bond acceptors (Lipinski definition) is 3. The largest absolute Gasteiger partial charge is 0.292 e. The van der Waals surface area contributed by atoms with E-state index >= 15 is 0 Å². The van der Waals surface area contributed by atoms with Crippen molar-refractivity contribution in [2.45, 2.75) is 0 Å². The Hall–Kier alpha value is -5.10. The van der Waals surface area contributed by atoms with Gasteiger partial charge in [0.1, 0.15) is 5.82 Å². The number of fused-ring (bicyclic) bond motifs is 6. The highest BCUT2D eigenvalue weighted by molar-refractivity contribution is 9.10. The normalized spacial score (nSPS) is 11.7. The SMILES string of the molecule is Brc1cc(-c2ccc(-n3c(-c4ccccc4)nc4ccccc43)cc2)cc(-c2nc3ccccc3c3sc4ccccc4c23)c1. The monoisotopic (exact) mass is 657 g/mol. The van der Waals surface area contributed by atoms with E-state index in [2.05, 4.69) is 154 Å². The molecule has 0 spiro atoms. The van der Waals surface area contributed by atoms with Crippen LogP contribution in [0.25, 0.3) is 81.6 Å². The third-order valence-corrected chi connectivity index (χ3v) is 10.1. The van der Waals surface area contributed by atoms with Gasteiger partial charge in [0, 0.05) is 46.8 Å². The van der Waals surface area contributed by atoms with Crippen molar-refractivity contribution in [3.05, 3.63) is 150 Å². The zero-order valence-corrected chi connectivity index (χ0v) is 26.4. The van der Waals surface area contributed by atoms with Gasteiger partial charge in [-0.25, -0.2) is 9.97 Å². The summed E-state index contributed by atoms with van der Waals surface area (Å²) in [5, 5.41) is 3.66. The minimum absolute atomic E-state index is 0.934. The maximum absolute atomic E-state index is 5.26. The summed E-state index contributed by atoms with van der Waals surface area (Å²) >= 11 is 5.68. The molecule has 0 unspecified atom stereocenters. The third kappa shape index (κ3) is 4.39. The van der Waals surface area contributed by atoms with E-state index in [1.807, 2.05) is 23.5 Å². The van der Waals surface area contributed by atoms with Crippen molar-refractivity contribution in [2.24, 2.45) is 0 Å². The highest BCUT2D eigenvalue weighted by atomic mass is 79.9. The molecule has 45 heavy (non-hydrogen) atoms. The average molecular weight is 659 g/mol. The molecule has 212 valence electrons. The number of aromatic nitrogens is 3. The molecule has 0 amide bonds. The number of rotatable bonds is 4. The van der Waals surface area contributed by atoms with Gasteiger partial charge >= 0.3 is 0 Å². The lowest BCUT2D eigenvalue weighted by Crippen LogP contribution is -1.97. The molecule has 3 nitrogen and oxygen atoms in total. The molecule has 0 aliphatic carbocycles. The Morgan fingerprint density at radius 3 is 2.07 bits per heavy atom. The van der Waals surface area contributed by atoms with Crippen molar-refractivity contribution in [3.63, 3.8) is 0 Å². The van der Waals surface area contributed by atoms with Crippen LogP contribution in [0.15, 0.2) is 150 Å². The van der Waals surface area contributed by atoms with Gasteiger partial charge < -0.3 is 0 Å². The van der Waals surface area contributed by atoms with Crippen LogP contribution in [-0.2, 0) is 0 Å². The quantitative estimate of drug-likeness (QED) is 0.188. The third-order valence-electron chi connectivity index (χ3n) is 8.44. The fourth-order valence-electron chi connectivity index (χ4n) is 6.38. The lowest BCUT2D eigenvalue weighted by Gasteiger charge is -2.13. The number of imidazole rings is 1. The summed E-state index contributed by atoms with van der Waals surface area (Å²) in [5.41, 5.74) is 9.61. The lowest BCUT2D eigenvalue weighted by atomic mass is 9.98. The molecule has 0 saturated heterocycles. The summed E-state index contributed by atoms with van der Waals surface area (Å²) in [6.07, 6.45) is 0. The standard InChI is InChI=1S/C40H24BrN3S/c41-29-23-27(22-28(24-29)38-37-32-13-5-9-17-36(32)45-39(37)31-12-4-6-14-33(31)42-38)25-18-20-30(21-19-25)44-35-16-8-7-15-34(35)43-40(44)26-10-2-1-3-11-26/h1-24H. The Kier molecular flexibility index (Phi) is 6.15. The van der Waals surface area contributed by atoms with Gasteiger partial charge in [0.05, 0.1) is 22.2 Å². The van der Waals surface area contributed by atoms with Gasteiger partial charge in [0.15, 0.2) is 0 Å². The van der Waals surface area contributed by atoms with Crippen LogP contribution >= 0.6 is 27.3 Å². The van der Waals surface area contributed by atoms with Crippen molar-refractivity contribution in [1.82, 2.24) is 14.5 Å². The predicted octanol–water partition coefficient (Wildman–Crippen LogP) is 11.7. The summed E-state index contributed by atoms with van der Waals surface area (Å²) in [6, 6.07) is 51.3. The maximum Gasteiger partial charge on any atom is 0.145 e. The minimum Gasteiger partial charge on any atom is -0.292 e. The zero-order valence-electron chi connectivity index (χ0n) is 24.0. The van der Waals surface area contributed by atoms with Crippen molar-refractivity contribution in [2.75, 3.05) is 0 Å². The number of benzene rings is 6. The van der Waals surface area contributed by atoms with Gasteiger partial charge in [-0.3, -0.25) is 4.57 Å². The highest BCUT2D eigenvalue weighted by Crippen LogP contribution is 2.43. The minimum atomic E-state index is 0.934. The van der Waals surface area contributed by atoms with E-state index in [0.29, 0.717) is 0 Å². The summed E-state index contributed by atoms with van der Waals surface area (Å²) in [4.78, 5) is 10.3. The highest BCUT2D eigenvalue weighted by Gasteiger charge is 2.18. The van der Waals surface area contributed by atoms with E-state index in [1.54, 1.807) is 0 Å². The average Bonchev–Trinajstić information content (AvgIpc) is 3.68. The Morgan fingerprint density at radius 2 is 1.22 bits per heavy atom. The summed E-state index contributed by atoms with van der Waals surface area (Å²) in [7, 11) is 0. The van der Waals surface area contributed by atoms with E-state index in [9.17, 15) is 0 Å². The van der Waals surface area contributed by atoms with Crippen LogP contribution < -0.4 is 0 Å². The van der Waals surface area contributed by atoms with E-state index in [1.165, 1.54) is 25.6 Å². The zero-order chi connectivity index (χ0) is 29.9. The molecule has 0 aliphatic rings. The van der Waals surface area contributed by atoms with Gasteiger partial charge in [-0.05, 0) is 65.7 Å². The van der Waals surface area contributed by atoms with Crippen molar-refractivity contribution >= 4 is 69.4 Å². The first-order valence-corrected chi connectivity index (χ1v) is 16.5. The molecule has 3 aromatic heterocycles. The van der Waals surface area contributed by atoms with E-state index in [0.717, 1.165) is 60.5 Å². The van der Waals surface area contributed by atoms with Crippen LogP contribution in [0.3, 0.4) is 0 Å². The van der Waals surface area contributed by atoms with Crippen LogP contribution in [0, 0.1) is 0 Å². The van der Waals surface area contributed by atoms with E-state index in [4.69, 9.17) is 9.97 Å². The summed E-state index contributed by atoms with van der Waals surface area (Å²) in [5.74, 6) is 0.934. The fourth-order valence-corrected chi connectivity index (χ4v) is 8.11. The number of para-hydroxylation sites is 3. The first kappa shape index (κ1) is 26.3. The molecular weight excluding hydrogens is 634 g/mol. The molecule has 0 atom stereocenters. The second-order valence-corrected chi connectivity index (χ2v) is 13.1. The molecule has 0 aliphatic heterocycles. The van der Waals surface area contributed by atoms with Gasteiger partial charge in [-0.15, -0.1) is 11.3 Å². The van der Waals surface area contributed by atoms with E-state index in [-0.39, 0.29) is 0 Å². The van der Waals surface area contributed by atoms with E-state index < -0.39 is 0 Å². The van der Waals surface area contributed by atoms with Gasteiger partial charge in [-0.1, -0.05) is 107 Å². The molecule has 0 saturated carbocycles. The number of pyridine rings is 1. The van der Waals surface area contributed by atoms with Crippen molar-refractivity contribution in [1.29, 1.82) is 0 Å². The van der Waals surface area contributed by atoms with Gasteiger partial charge in [0.25, 0.3) is 0 Å². The lowest BCUT2D eigenvalue weighted by molar-refractivity contribution is 1.10. The number of thiophene rings is 1. The van der Waals surface area contributed by atoms with Crippen LogP contribution in [0.5, 0.6) is 0 Å². The fraction of sp³-hybridized carbons (Fsp3) is 0. The van der Waals surface area contributed by atoms with Crippen LogP contribution in [0.4, 0.5) is 0 Å². The molecule has 0 radical (unpaired) electrons. The molecule has 0 bridgehead atoms. The van der Waals surface area contributed by atoms with Crippen LogP contribution in [-0.4, -0.2) is 14.5 Å². The Bertz CT molecular complexity index is 2550. The Balaban J connectivity index is 1.19. The second kappa shape index (κ2) is 10.5. The van der Waals surface area contributed by atoms with Crippen LogP contribution in [0.2, 0.25) is 0 Å². The molecule has 0 N–H and O–H groups in total. The van der Waals surface area contributed by atoms with Crippen LogP contribution in [0.1, 0.15) is 0 Å².